The maximum Gasteiger partial charge on any atom is 0.122 e. The van der Waals surface area contributed by atoms with Crippen LogP contribution in [0.1, 0.15) is 43.7 Å². The van der Waals surface area contributed by atoms with Crippen LogP contribution in [0.4, 0.5) is 0 Å². The molecule has 0 heterocycles. The zero-order valence-electron chi connectivity index (χ0n) is 11.5. The third-order valence-corrected chi connectivity index (χ3v) is 2.88. The molecule has 17 heavy (non-hydrogen) atoms. The van der Waals surface area contributed by atoms with E-state index in [1.807, 2.05) is 0 Å². The Bertz CT molecular complexity index is 332. The molecule has 0 unspecified atom stereocenters. The van der Waals surface area contributed by atoms with Gasteiger partial charge in [-0.1, -0.05) is 26.0 Å². The van der Waals surface area contributed by atoms with E-state index in [1.165, 1.54) is 11.1 Å². The quantitative estimate of drug-likeness (QED) is 0.668. The van der Waals surface area contributed by atoms with Crippen LogP contribution in [0.2, 0.25) is 0 Å². The fourth-order valence-electron chi connectivity index (χ4n) is 1.66. The van der Waals surface area contributed by atoms with Crippen molar-refractivity contribution in [2.24, 2.45) is 0 Å². The molecule has 0 saturated carbocycles. The minimum Gasteiger partial charge on any atom is -0.493 e. The lowest BCUT2D eigenvalue weighted by Crippen LogP contribution is -2.01. The van der Waals surface area contributed by atoms with Gasteiger partial charge in [-0.15, -0.1) is 0 Å². The fraction of sp³-hybridized carbons (Fsp3) is 0.600. The SMILES string of the molecule is COCCCCOc1cc(C(C)C)ccc1C. The van der Waals surface area contributed by atoms with E-state index in [9.17, 15) is 0 Å². The van der Waals surface area contributed by atoms with Gasteiger partial charge in [0.2, 0.25) is 0 Å². The molecule has 0 aromatic heterocycles. The van der Waals surface area contributed by atoms with Gasteiger partial charge in [0.25, 0.3) is 0 Å². The van der Waals surface area contributed by atoms with E-state index in [2.05, 4.69) is 39.0 Å². The van der Waals surface area contributed by atoms with Crippen molar-refractivity contribution >= 4 is 0 Å². The summed E-state index contributed by atoms with van der Waals surface area (Å²) in [5.41, 5.74) is 2.55. The van der Waals surface area contributed by atoms with Gasteiger partial charge in [0.1, 0.15) is 5.75 Å². The summed E-state index contributed by atoms with van der Waals surface area (Å²) in [6, 6.07) is 6.48. The second kappa shape index (κ2) is 7.33. The number of methoxy groups -OCH3 is 1. The third-order valence-electron chi connectivity index (χ3n) is 2.88. The van der Waals surface area contributed by atoms with Crippen LogP contribution < -0.4 is 4.74 Å². The third kappa shape index (κ3) is 4.78. The molecule has 1 aromatic carbocycles. The molecule has 0 bridgehead atoms. The Kier molecular flexibility index (Phi) is 6.06. The smallest absolute Gasteiger partial charge is 0.122 e. The summed E-state index contributed by atoms with van der Waals surface area (Å²) in [6.07, 6.45) is 2.10. The first-order chi connectivity index (χ1) is 8.15. The number of unbranched alkanes of at least 4 members (excludes halogenated alkanes) is 1. The van der Waals surface area contributed by atoms with Gasteiger partial charge in [-0.05, 0) is 42.9 Å². The summed E-state index contributed by atoms with van der Waals surface area (Å²) >= 11 is 0. The van der Waals surface area contributed by atoms with Crippen LogP contribution in [-0.2, 0) is 4.74 Å². The van der Waals surface area contributed by atoms with E-state index < -0.39 is 0 Å². The Morgan fingerprint density at radius 2 is 1.82 bits per heavy atom. The summed E-state index contributed by atoms with van der Waals surface area (Å²) in [5.74, 6) is 1.57. The van der Waals surface area contributed by atoms with E-state index in [1.54, 1.807) is 7.11 Å². The maximum atomic E-state index is 5.82. The van der Waals surface area contributed by atoms with Crippen molar-refractivity contribution < 1.29 is 9.47 Å². The van der Waals surface area contributed by atoms with E-state index >= 15 is 0 Å². The Labute approximate surface area is 105 Å². The largest absolute Gasteiger partial charge is 0.493 e. The summed E-state index contributed by atoms with van der Waals surface area (Å²) in [6.45, 7) is 8.08. The first-order valence-electron chi connectivity index (χ1n) is 6.37. The maximum absolute atomic E-state index is 5.82. The number of hydrogen-bond acceptors (Lipinski definition) is 2. The zero-order chi connectivity index (χ0) is 12.7. The molecule has 0 aliphatic carbocycles. The van der Waals surface area contributed by atoms with Gasteiger partial charge in [-0.3, -0.25) is 0 Å². The molecule has 0 atom stereocenters. The van der Waals surface area contributed by atoms with Crippen molar-refractivity contribution in [1.29, 1.82) is 0 Å². The van der Waals surface area contributed by atoms with Gasteiger partial charge in [0.15, 0.2) is 0 Å². The molecule has 0 aliphatic rings. The van der Waals surface area contributed by atoms with Crippen molar-refractivity contribution in [2.45, 2.75) is 39.5 Å². The molecule has 0 spiro atoms. The predicted molar refractivity (Wildman–Crippen MR) is 71.9 cm³/mol. The molecule has 0 amide bonds. The number of aryl methyl sites for hydroxylation is 1. The topological polar surface area (TPSA) is 18.5 Å². The molecule has 1 rings (SSSR count). The summed E-state index contributed by atoms with van der Waals surface area (Å²) in [7, 11) is 1.73. The highest BCUT2D eigenvalue weighted by Gasteiger charge is 2.04. The van der Waals surface area contributed by atoms with Crippen molar-refractivity contribution in [3.05, 3.63) is 29.3 Å². The highest BCUT2D eigenvalue weighted by atomic mass is 16.5. The van der Waals surface area contributed by atoms with E-state index in [-0.39, 0.29) is 0 Å². The Hall–Kier alpha value is -1.02. The average Bonchev–Trinajstić information content (AvgIpc) is 2.30. The number of benzene rings is 1. The van der Waals surface area contributed by atoms with Crippen molar-refractivity contribution in [3.63, 3.8) is 0 Å². The lowest BCUT2D eigenvalue weighted by molar-refractivity contribution is 0.184. The lowest BCUT2D eigenvalue weighted by atomic mass is 10.0. The lowest BCUT2D eigenvalue weighted by Gasteiger charge is -2.12. The van der Waals surface area contributed by atoms with Gasteiger partial charge in [-0.2, -0.15) is 0 Å². The van der Waals surface area contributed by atoms with Crippen LogP contribution >= 0.6 is 0 Å². The molecular formula is C15H24O2. The second-order valence-electron chi connectivity index (χ2n) is 4.73. The number of hydrogen-bond donors (Lipinski definition) is 0. The molecule has 0 N–H and O–H groups in total. The van der Waals surface area contributed by atoms with Crippen molar-refractivity contribution in [1.82, 2.24) is 0 Å². The van der Waals surface area contributed by atoms with Crippen LogP contribution in [0.5, 0.6) is 5.75 Å². The van der Waals surface area contributed by atoms with Gasteiger partial charge >= 0.3 is 0 Å². The molecule has 1 aromatic rings. The normalized spacial score (nSPS) is 10.9. The minimum atomic E-state index is 0.548. The van der Waals surface area contributed by atoms with Crippen LogP contribution in [-0.4, -0.2) is 20.3 Å². The first-order valence-corrected chi connectivity index (χ1v) is 6.37. The average molecular weight is 236 g/mol. The Balaban J connectivity index is 2.49. The summed E-state index contributed by atoms with van der Waals surface area (Å²) < 4.78 is 10.8. The molecule has 96 valence electrons. The monoisotopic (exact) mass is 236 g/mol. The molecular weight excluding hydrogens is 212 g/mol. The van der Waals surface area contributed by atoms with Crippen LogP contribution in [0, 0.1) is 6.92 Å². The zero-order valence-corrected chi connectivity index (χ0v) is 11.5. The highest BCUT2D eigenvalue weighted by molar-refractivity contribution is 5.37. The first kappa shape index (κ1) is 14.0. The number of ether oxygens (including phenoxy) is 2. The standard InChI is InChI=1S/C15H24O2/c1-12(2)14-8-7-13(3)15(11-14)17-10-6-5-9-16-4/h7-8,11-12H,5-6,9-10H2,1-4H3. The van der Waals surface area contributed by atoms with Crippen LogP contribution in [0.25, 0.3) is 0 Å². The van der Waals surface area contributed by atoms with E-state index in [0.717, 1.165) is 31.8 Å². The minimum absolute atomic E-state index is 0.548. The Morgan fingerprint density at radius 3 is 2.47 bits per heavy atom. The highest BCUT2D eigenvalue weighted by Crippen LogP contribution is 2.24. The molecule has 0 aliphatic heterocycles. The molecule has 0 radical (unpaired) electrons. The molecule has 2 heteroatoms. The summed E-state index contributed by atoms with van der Waals surface area (Å²) in [4.78, 5) is 0. The fourth-order valence-corrected chi connectivity index (χ4v) is 1.66. The van der Waals surface area contributed by atoms with E-state index in [4.69, 9.17) is 9.47 Å². The second-order valence-corrected chi connectivity index (χ2v) is 4.73. The van der Waals surface area contributed by atoms with E-state index in [0.29, 0.717) is 5.92 Å². The van der Waals surface area contributed by atoms with Crippen LogP contribution in [0.15, 0.2) is 18.2 Å². The van der Waals surface area contributed by atoms with Gasteiger partial charge in [0.05, 0.1) is 6.61 Å². The van der Waals surface area contributed by atoms with Crippen LogP contribution in [0.3, 0.4) is 0 Å². The van der Waals surface area contributed by atoms with Crippen molar-refractivity contribution in [3.8, 4) is 5.75 Å². The van der Waals surface area contributed by atoms with Gasteiger partial charge in [0, 0.05) is 13.7 Å². The van der Waals surface area contributed by atoms with Gasteiger partial charge < -0.3 is 9.47 Å². The van der Waals surface area contributed by atoms with Crippen molar-refractivity contribution in [2.75, 3.05) is 20.3 Å². The molecule has 0 saturated heterocycles. The predicted octanol–water partition coefficient (Wildman–Crippen LogP) is 3.92. The molecule has 0 fully saturated rings. The summed E-state index contributed by atoms with van der Waals surface area (Å²) in [5, 5.41) is 0. The molecule has 2 nitrogen and oxygen atoms in total. The Morgan fingerprint density at radius 1 is 1.12 bits per heavy atom. The number of rotatable bonds is 7. The van der Waals surface area contributed by atoms with Gasteiger partial charge in [-0.25, -0.2) is 0 Å².